The molecule has 3 N–H and O–H groups in total. The molecule has 2 atom stereocenters. The summed E-state index contributed by atoms with van der Waals surface area (Å²) in [5.74, 6) is -0.220. The van der Waals surface area contributed by atoms with Gasteiger partial charge in [-0.15, -0.1) is 0 Å². The van der Waals surface area contributed by atoms with E-state index in [2.05, 4.69) is 14.7 Å². The zero-order valence-corrected chi connectivity index (χ0v) is 24.4. The molecular formula is C27H33ClN6O5S. The van der Waals surface area contributed by atoms with E-state index >= 15 is 0 Å². The van der Waals surface area contributed by atoms with E-state index in [0.29, 0.717) is 18.1 Å². The third-order valence-corrected chi connectivity index (χ3v) is 8.63. The average Bonchev–Trinajstić information content (AvgIpc) is 3.25. The predicted molar refractivity (Wildman–Crippen MR) is 154 cm³/mol. The van der Waals surface area contributed by atoms with Crippen LogP contribution in [-0.4, -0.2) is 74.5 Å². The van der Waals surface area contributed by atoms with Gasteiger partial charge in [-0.05, 0) is 54.5 Å². The number of aromatic nitrogens is 2. The van der Waals surface area contributed by atoms with Crippen molar-refractivity contribution in [1.82, 2.24) is 19.6 Å². The Labute approximate surface area is 238 Å². The second-order valence-corrected chi connectivity index (χ2v) is 11.9. The molecule has 1 fully saturated rings. The summed E-state index contributed by atoms with van der Waals surface area (Å²) in [4.78, 5) is 37.8. The number of anilines is 2. The number of hydrogen-bond donors (Lipinski definition) is 2. The number of esters is 1. The maximum absolute atomic E-state index is 13.5. The first-order valence-electron chi connectivity index (χ1n) is 12.9. The van der Waals surface area contributed by atoms with E-state index in [4.69, 9.17) is 22.1 Å². The lowest BCUT2D eigenvalue weighted by atomic mass is 9.94. The Bertz CT molecular complexity index is 1550. The van der Waals surface area contributed by atoms with E-state index < -0.39 is 34.0 Å². The Kier molecular flexibility index (Phi) is 8.81. The van der Waals surface area contributed by atoms with Crippen molar-refractivity contribution in [3.05, 3.63) is 52.8 Å². The average molecular weight is 589 g/mol. The number of carbonyl (C=O) groups excluding carboxylic acids is 2. The number of likely N-dealkylation sites (tertiary alicyclic amines) is 1. The molecule has 1 aromatic carbocycles. The van der Waals surface area contributed by atoms with Gasteiger partial charge in [-0.3, -0.25) is 4.79 Å². The van der Waals surface area contributed by atoms with E-state index in [-0.39, 0.29) is 35.9 Å². The summed E-state index contributed by atoms with van der Waals surface area (Å²) in [5.41, 5.74) is 7.91. The minimum atomic E-state index is -4.12. The Morgan fingerprint density at radius 3 is 2.65 bits per heavy atom. The Balaban J connectivity index is 1.60. The molecule has 3 aromatic rings. The number of nitrogens with zero attached hydrogens (tertiary/aromatic N) is 4. The van der Waals surface area contributed by atoms with Crippen molar-refractivity contribution in [1.29, 1.82) is 0 Å². The molecule has 3 heterocycles. The third-order valence-electron chi connectivity index (χ3n) is 6.91. The van der Waals surface area contributed by atoms with Crippen molar-refractivity contribution >= 4 is 55.9 Å². The van der Waals surface area contributed by atoms with Crippen molar-refractivity contribution in [2.45, 2.75) is 50.1 Å². The molecule has 1 aliphatic rings. The third kappa shape index (κ3) is 5.98. The number of nitrogens with one attached hydrogen (secondary N) is 1. The number of sulfonamides is 1. The maximum atomic E-state index is 13.5. The second-order valence-electron chi connectivity index (χ2n) is 9.73. The van der Waals surface area contributed by atoms with Crippen LogP contribution in [0.4, 0.5) is 11.6 Å². The predicted octanol–water partition coefficient (Wildman–Crippen LogP) is 2.55. The molecule has 0 bridgehead atoms. The SMILES string of the molecule is CCOC(=O)[C@@H](Cc1cc2ccnc(N)c2cc1CC)N1CC[C@H](NS(=O)(=O)c2cnc(N(C)C)c(Cl)c2)C1=O. The highest BCUT2D eigenvalue weighted by Crippen LogP contribution is 2.28. The number of carbonyl (C=O) groups is 2. The molecule has 0 radical (unpaired) electrons. The molecule has 2 aromatic heterocycles. The molecule has 11 nitrogen and oxygen atoms in total. The minimum absolute atomic E-state index is 0.144. The van der Waals surface area contributed by atoms with Gasteiger partial charge in [0, 0.05) is 44.8 Å². The first kappa shape index (κ1) is 29.5. The molecule has 40 heavy (non-hydrogen) atoms. The van der Waals surface area contributed by atoms with E-state index in [9.17, 15) is 18.0 Å². The fraction of sp³-hybridized carbons (Fsp3) is 0.407. The summed E-state index contributed by atoms with van der Waals surface area (Å²) in [6, 6.07) is 5.05. The van der Waals surface area contributed by atoms with Gasteiger partial charge in [0.1, 0.15) is 28.6 Å². The minimum Gasteiger partial charge on any atom is -0.464 e. The molecule has 0 spiro atoms. The van der Waals surface area contributed by atoms with Gasteiger partial charge >= 0.3 is 5.97 Å². The maximum Gasteiger partial charge on any atom is 0.329 e. The van der Waals surface area contributed by atoms with Crippen LogP contribution in [0.2, 0.25) is 5.02 Å². The summed E-state index contributed by atoms with van der Waals surface area (Å²) in [6.45, 7) is 4.01. The van der Waals surface area contributed by atoms with Gasteiger partial charge in [0.05, 0.1) is 11.6 Å². The molecule has 214 valence electrons. The summed E-state index contributed by atoms with van der Waals surface area (Å²) in [5, 5.41) is 1.85. The number of ether oxygens (including phenoxy) is 1. The molecule has 13 heteroatoms. The standard InChI is InChI=1S/C27H33ClN6O5S/c1-5-16-12-20-17(7-9-30-24(20)29)11-18(16)13-23(27(36)39-6-2)34-10-8-22(26(34)35)32-40(37,38)19-14-21(28)25(31-15-19)33(3)4/h7,9,11-12,14-15,22-23,32H,5-6,8,10,13H2,1-4H3,(H2,29,30)/t22-,23+/m0/s1. The quantitative estimate of drug-likeness (QED) is 0.341. The van der Waals surface area contributed by atoms with Gasteiger partial charge in [0.15, 0.2) is 0 Å². The van der Waals surface area contributed by atoms with E-state index in [1.54, 1.807) is 32.1 Å². The fourth-order valence-electron chi connectivity index (χ4n) is 4.89. The number of pyridine rings is 2. The van der Waals surface area contributed by atoms with E-state index in [0.717, 1.165) is 21.9 Å². The van der Waals surface area contributed by atoms with Gasteiger partial charge in [0.25, 0.3) is 0 Å². The van der Waals surface area contributed by atoms with Crippen molar-refractivity contribution < 1.29 is 22.7 Å². The van der Waals surface area contributed by atoms with Gasteiger partial charge in [-0.2, -0.15) is 4.72 Å². The van der Waals surface area contributed by atoms with Crippen molar-refractivity contribution in [2.75, 3.05) is 37.9 Å². The summed E-state index contributed by atoms with van der Waals surface area (Å²) >= 11 is 6.22. The van der Waals surface area contributed by atoms with Crippen LogP contribution in [0.15, 0.2) is 41.6 Å². The number of hydrogen-bond acceptors (Lipinski definition) is 9. The van der Waals surface area contributed by atoms with Crippen molar-refractivity contribution in [3.63, 3.8) is 0 Å². The Morgan fingerprint density at radius 2 is 2.00 bits per heavy atom. The topological polar surface area (TPSA) is 148 Å². The highest BCUT2D eigenvalue weighted by atomic mass is 35.5. The molecule has 1 aliphatic heterocycles. The molecule has 1 amide bonds. The van der Waals surface area contributed by atoms with Crippen LogP contribution >= 0.6 is 11.6 Å². The van der Waals surface area contributed by atoms with Gasteiger partial charge in [-0.25, -0.2) is 23.2 Å². The van der Waals surface area contributed by atoms with Crippen LogP contribution in [0.3, 0.4) is 0 Å². The number of aryl methyl sites for hydroxylation is 1. The first-order chi connectivity index (χ1) is 19.0. The normalized spacial score (nSPS) is 16.4. The molecule has 4 rings (SSSR count). The molecule has 0 unspecified atom stereocenters. The lowest BCUT2D eigenvalue weighted by Gasteiger charge is -2.27. The summed E-state index contributed by atoms with van der Waals surface area (Å²) in [7, 11) is -0.643. The zero-order valence-electron chi connectivity index (χ0n) is 22.8. The van der Waals surface area contributed by atoms with Gasteiger partial charge < -0.3 is 20.3 Å². The van der Waals surface area contributed by atoms with Gasteiger partial charge in [0.2, 0.25) is 15.9 Å². The van der Waals surface area contributed by atoms with Crippen LogP contribution < -0.4 is 15.4 Å². The van der Waals surface area contributed by atoms with Crippen molar-refractivity contribution in [3.8, 4) is 0 Å². The largest absolute Gasteiger partial charge is 0.464 e. The monoisotopic (exact) mass is 588 g/mol. The fourth-order valence-corrected chi connectivity index (χ4v) is 6.48. The Hall–Kier alpha value is -3.48. The summed E-state index contributed by atoms with van der Waals surface area (Å²) in [6.07, 6.45) is 3.88. The number of amides is 1. The highest BCUT2D eigenvalue weighted by Gasteiger charge is 2.41. The van der Waals surface area contributed by atoms with Crippen LogP contribution in [0.25, 0.3) is 10.8 Å². The van der Waals surface area contributed by atoms with Crippen molar-refractivity contribution in [2.24, 2.45) is 0 Å². The Morgan fingerprint density at radius 1 is 1.25 bits per heavy atom. The molecule has 0 saturated carbocycles. The van der Waals surface area contributed by atoms with E-state index in [1.165, 1.54) is 17.2 Å². The summed E-state index contributed by atoms with van der Waals surface area (Å²) < 4.78 is 34.0. The molecule has 1 saturated heterocycles. The number of nitrogen functional groups attached to an aromatic ring is 1. The van der Waals surface area contributed by atoms with Crippen LogP contribution in [0.5, 0.6) is 0 Å². The van der Waals surface area contributed by atoms with Crippen LogP contribution in [-0.2, 0) is 37.2 Å². The van der Waals surface area contributed by atoms with E-state index in [1.807, 2.05) is 25.1 Å². The number of nitrogens with two attached hydrogens (primary N) is 1. The van der Waals surface area contributed by atoms with Crippen LogP contribution in [0.1, 0.15) is 31.4 Å². The zero-order chi connectivity index (χ0) is 29.2. The second kappa shape index (κ2) is 11.9. The lowest BCUT2D eigenvalue weighted by molar-refractivity contribution is -0.153. The molecule has 0 aliphatic carbocycles. The number of halogens is 1. The molecular weight excluding hydrogens is 556 g/mol. The van der Waals surface area contributed by atoms with Crippen LogP contribution in [0, 0.1) is 0 Å². The van der Waals surface area contributed by atoms with Gasteiger partial charge in [-0.1, -0.05) is 24.6 Å². The number of rotatable bonds is 10. The lowest BCUT2D eigenvalue weighted by Crippen LogP contribution is -2.48. The number of fused-ring (bicyclic) bond motifs is 1. The smallest absolute Gasteiger partial charge is 0.329 e. The highest BCUT2D eigenvalue weighted by molar-refractivity contribution is 7.89. The number of benzene rings is 1. The first-order valence-corrected chi connectivity index (χ1v) is 14.8.